The van der Waals surface area contributed by atoms with Crippen molar-refractivity contribution in [1.82, 2.24) is 25.0 Å². The highest BCUT2D eigenvalue weighted by molar-refractivity contribution is 6.05. The molecule has 9 nitrogen and oxygen atoms in total. The zero-order valence-corrected chi connectivity index (χ0v) is 16.8. The van der Waals surface area contributed by atoms with Gasteiger partial charge in [-0.2, -0.15) is 18.3 Å². The van der Waals surface area contributed by atoms with Crippen LogP contribution in [0.25, 0.3) is 11.0 Å². The summed E-state index contributed by atoms with van der Waals surface area (Å²) in [4.78, 5) is 30.5. The highest BCUT2D eigenvalue weighted by atomic mass is 19.4. The number of anilines is 2. The van der Waals surface area contributed by atoms with Crippen LogP contribution in [0.15, 0.2) is 36.7 Å². The molecule has 2 aromatic heterocycles. The molecule has 0 bridgehead atoms. The Morgan fingerprint density at radius 3 is 2.81 bits per heavy atom. The molecule has 1 aliphatic heterocycles. The van der Waals surface area contributed by atoms with Crippen molar-refractivity contribution in [2.75, 3.05) is 18.5 Å². The van der Waals surface area contributed by atoms with Crippen molar-refractivity contribution in [2.45, 2.75) is 18.8 Å². The van der Waals surface area contributed by atoms with Gasteiger partial charge < -0.3 is 20.6 Å². The predicted molar refractivity (Wildman–Crippen MR) is 108 cm³/mol. The van der Waals surface area contributed by atoms with E-state index in [2.05, 4.69) is 15.4 Å². The van der Waals surface area contributed by atoms with Gasteiger partial charge in [-0.1, -0.05) is 12.1 Å². The van der Waals surface area contributed by atoms with Gasteiger partial charge in [0.05, 0.1) is 35.9 Å². The number of pyridine rings is 1. The van der Waals surface area contributed by atoms with E-state index >= 15 is 0 Å². The molecule has 3 aromatic rings. The maximum Gasteiger partial charge on any atom is 0.410 e. The fourth-order valence-electron chi connectivity index (χ4n) is 3.56. The van der Waals surface area contributed by atoms with Crippen LogP contribution in [0, 0.1) is 0 Å². The summed E-state index contributed by atoms with van der Waals surface area (Å²) in [5, 5.41) is 18.7. The average molecular weight is 448 g/mol. The van der Waals surface area contributed by atoms with Crippen molar-refractivity contribution in [3.63, 3.8) is 0 Å². The van der Waals surface area contributed by atoms with Gasteiger partial charge in [-0.05, 0) is 17.7 Å². The molecule has 0 radical (unpaired) electrons. The molecule has 3 N–H and O–H groups in total. The molecule has 168 valence electrons. The van der Waals surface area contributed by atoms with E-state index in [0.717, 1.165) is 10.3 Å². The summed E-state index contributed by atoms with van der Waals surface area (Å²) in [6, 6.07) is 4.58. The highest BCUT2D eigenvalue weighted by Gasteiger charge is 2.41. The molecule has 0 fully saturated rings. The minimum absolute atomic E-state index is 0.0762. The van der Waals surface area contributed by atoms with Crippen LogP contribution in [0.2, 0.25) is 0 Å². The molecule has 12 heteroatoms. The molecule has 1 aliphatic rings. The number of carbonyl (C=O) groups excluding carboxylic acids is 2. The molecule has 1 aromatic carbocycles. The zero-order valence-electron chi connectivity index (χ0n) is 16.8. The second-order valence-electron chi connectivity index (χ2n) is 7.38. The summed E-state index contributed by atoms with van der Waals surface area (Å²) in [5.74, 6) is -1.50. The molecule has 3 heterocycles. The molecule has 0 aliphatic carbocycles. The zero-order chi connectivity index (χ0) is 23.0. The molecule has 4 rings (SSSR count). The Labute approximate surface area is 179 Å². The van der Waals surface area contributed by atoms with E-state index < -0.39 is 37.2 Å². The lowest BCUT2D eigenvalue weighted by molar-refractivity contribution is -0.168. The molecule has 0 saturated carbocycles. The number of hydrogen-bond donors (Lipinski definition) is 3. The number of rotatable bonds is 6. The number of carbonyl (C=O) groups is 2. The first-order valence-electron chi connectivity index (χ1n) is 9.60. The number of amides is 2. The minimum Gasteiger partial charge on any atom is -0.394 e. The van der Waals surface area contributed by atoms with Crippen LogP contribution in [0.4, 0.5) is 24.5 Å². The van der Waals surface area contributed by atoms with Crippen LogP contribution < -0.4 is 10.6 Å². The number of fused-ring (bicyclic) bond motifs is 2. The monoisotopic (exact) mass is 448 g/mol. The first-order chi connectivity index (χ1) is 15.2. The number of nitrogens with one attached hydrogen (secondary N) is 2. The average Bonchev–Trinajstić information content (AvgIpc) is 3.25. The van der Waals surface area contributed by atoms with Gasteiger partial charge in [0.15, 0.2) is 5.65 Å². The highest BCUT2D eigenvalue weighted by Crippen LogP contribution is 2.31. The number of aliphatic hydroxyl groups is 1. The standard InChI is InChI=1S/C20H19F3N6O3/c1-28-18-12(6-25-28)5-13(7-24-18)26-14-4-2-3-11-8-29(19(32)17(11)14)9-16(31)27-15(10-30)20(21,22)23/h2-7,15,26,30H,8-10H2,1H3,(H,27,31)/t15-/m1/s1. The predicted octanol–water partition coefficient (Wildman–Crippen LogP) is 1.71. The SMILES string of the molecule is Cn1ncc2cc(Nc3cccc4c3C(=O)N(CC(=O)N[C@H](CO)C(F)(F)F)C4)cnc21. The molecule has 0 saturated heterocycles. The van der Waals surface area contributed by atoms with Gasteiger partial charge >= 0.3 is 6.18 Å². The second kappa shape index (κ2) is 8.11. The summed E-state index contributed by atoms with van der Waals surface area (Å²) < 4.78 is 39.9. The summed E-state index contributed by atoms with van der Waals surface area (Å²) in [5.41, 5.74) is 2.78. The van der Waals surface area contributed by atoms with E-state index in [4.69, 9.17) is 5.11 Å². The third kappa shape index (κ3) is 4.08. The van der Waals surface area contributed by atoms with E-state index in [1.165, 1.54) is 0 Å². The Morgan fingerprint density at radius 1 is 1.31 bits per heavy atom. The number of aliphatic hydroxyl groups excluding tert-OH is 1. The number of nitrogens with zero attached hydrogens (tertiary/aromatic N) is 4. The van der Waals surface area contributed by atoms with Gasteiger partial charge in [-0.3, -0.25) is 14.3 Å². The second-order valence-corrected chi connectivity index (χ2v) is 7.38. The lowest BCUT2D eigenvalue weighted by atomic mass is 10.1. The van der Waals surface area contributed by atoms with Gasteiger partial charge in [-0.15, -0.1) is 0 Å². The summed E-state index contributed by atoms with van der Waals surface area (Å²) in [6.45, 7) is -1.78. The van der Waals surface area contributed by atoms with E-state index in [1.807, 2.05) is 6.07 Å². The Morgan fingerprint density at radius 2 is 2.09 bits per heavy atom. The molecule has 1 atom stereocenters. The van der Waals surface area contributed by atoms with Gasteiger partial charge in [0.25, 0.3) is 5.91 Å². The van der Waals surface area contributed by atoms with E-state index in [-0.39, 0.29) is 6.54 Å². The number of benzene rings is 1. The first-order valence-corrected chi connectivity index (χ1v) is 9.60. The van der Waals surface area contributed by atoms with Gasteiger partial charge in [0.1, 0.15) is 12.6 Å². The van der Waals surface area contributed by atoms with Crippen molar-refractivity contribution in [2.24, 2.45) is 7.05 Å². The van der Waals surface area contributed by atoms with Gasteiger partial charge in [0.2, 0.25) is 5.91 Å². The summed E-state index contributed by atoms with van der Waals surface area (Å²) in [7, 11) is 1.77. The topological polar surface area (TPSA) is 112 Å². The number of alkyl halides is 3. The molecule has 0 spiro atoms. The third-order valence-corrected chi connectivity index (χ3v) is 5.11. The van der Waals surface area contributed by atoms with Gasteiger partial charge in [0, 0.05) is 19.0 Å². The van der Waals surface area contributed by atoms with Crippen molar-refractivity contribution in [3.05, 3.63) is 47.8 Å². The fraction of sp³-hybridized carbons (Fsp3) is 0.300. The Bertz CT molecular complexity index is 1190. The largest absolute Gasteiger partial charge is 0.410 e. The van der Waals surface area contributed by atoms with Crippen molar-refractivity contribution in [1.29, 1.82) is 0 Å². The van der Waals surface area contributed by atoms with E-state index in [1.54, 1.807) is 47.6 Å². The minimum atomic E-state index is -4.79. The molecule has 0 unspecified atom stereocenters. The van der Waals surface area contributed by atoms with Crippen molar-refractivity contribution >= 4 is 34.2 Å². The van der Waals surface area contributed by atoms with Crippen LogP contribution in [-0.4, -0.2) is 62.0 Å². The Balaban J connectivity index is 1.50. The number of halogens is 3. The quantitative estimate of drug-likeness (QED) is 0.529. The smallest absolute Gasteiger partial charge is 0.394 e. The molecule has 32 heavy (non-hydrogen) atoms. The summed E-state index contributed by atoms with van der Waals surface area (Å²) in [6.07, 6.45) is -1.53. The van der Waals surface area contributed by atoms with Crippen molar-refractivity contribution < 1.29 is 27.9 Å². The fourth-order valence-corrected chi connectivity index (χ4v) is 3.56. The van der Waals surface area contributed by atoms with Crippen molar-refractivity contribution in [3.8, 4) is 0 Å². The van der Waals surface area contributed by atoms with Crippen LogP contribution in [0.5, 0.6) is 0 Å². The number of hydrogen-bond acceptors (Lipinski definition) is 6. The normalized spacial score (nSPS) is 14.5. The lowest BCUT2D eigenvalue weighted by Gasteiger charge is -2.21. The molecular formula is C20H19F3N6O3. The Kier molecular flexibility index (Phi) is 5.46. The van der Waals surface area contributed by atoms with Crippen LogP contribution >= 0.6 is 0 Å². The van der Waals surface area contributed by atoms with Crippen LogP contribution in [-0.2, 0) is 18.4 Å². The Hall–Kier alpha value is -3.67. The van der Waals surface area contributed by atoms with Crippen LogP contribution in [0.1, 0.15) is 15.9 Å². The third-order valence-electron chi connectivity index (χ3n) is 5.11. The summed E-state index contributed by atoms with van der Waals surface area (Å²) >= 11 is 0. The number of aromatic nitrogens is 3. The number of aryl methyl sites for hydroxylation is 1. The maximum atomic E-state index is 12.9. The maximum absolute atomic E-state index is 12.9. The van der Waals surface area contributed by atoms with E-state index in [9.17, 15) is 22.8 Å². The lowest BCUT2D eigenvalue weighted by Crippen LogP contribution is -2.50. The molecular weight excluding hydrogens is 429 g/mol. The first kappa shape index (κ1) is 21.6. The van der Waals surface area contributed by atoms with Gasteiger partial charge in [-0.25, -0.2) is 4.98 Å². The van der Waals surface area contributed by atoms with E-state index in [0.29, 0.717) is 28.1 Å². The molecule has 2 amide bonds. The van der Waals surface area contributed by atoms with Crippen LogP contribution in [0.3, 0.4) is 0 Å².